The number of nitrogens with zero attached hydrogens (tertiary/aromatic N) is 1. The topological polar surface area (TPSA) is 23.8 Å². The maximum absolute atomic E-state index is 8.45. The fourth-order valence-electron chi connectivity index (χ4n) is 0.729. The third-order valence-electron chi connectivity index (χ3n) is 1.40. The summed E-state index contributed by atoms with van der Waals surface area (Å²) in [6, 6.07) is 2.10. The average Bonchev–Trinajstić information content (AvgIpc) is 1.98. The van der Waals surface area contributed by atoms with Gasteiger partial charge in [-0.25, -0.2) is 0 Å². The summed E-state index contributed by atoms with van der Waals surface area (Å²) in [6.07, 6.45) is 2.37. The van der Waals surface area contributed by atoms with Gasteiger partial charge >= 0.3 is 0 Å². The summed E-state index contributed by atoms with van der Waals surface area (Å²) in [4.78, 5) is 0.939. The van der Waals surface area contributed by atoms with Crippen LogP contribution in [0.1, 0.15) is 27.2 Å². The van der Waals surface area contributed by atoms with Crippen molar-refractivity contribution in [3.05, 3.63) is 22.1 Å². The molecule has 0 rings (SSSR count). The van der Waals surface area contributed by atoms with Crippen LogP contribution >= 0.6 is 12.6 Å². The molecule has 2 heteroatoms. The molecule has 0 aliphatic heterocycles. The van der Waals surface area contributed by atoms with Crippen LogP contribution in [-0.4, -0.2) is 0 Å². The molecule has 0 fully saturated rings. The van der Waals surface area contributed by atoms with E-state index in [0.29, 0.717) is 6.42 Å². The highest BCUT2D eigenvalue weighted by atomic mass is 32.1. The van der Waals surface area contributed by atoms with E-state index < -0.39 is 0 Å². The van der Waals surface area contributed by atoms with E-state index in [1.165, 1.54) is 0 Å². The Morgan fingerprint density at radius 3 is 2.36 bits per heavy atom. The first-order valence-corrected chi connectivity index (χ1v) is 3.97. The van der Waals surface area contributed by atoms with Gasteiger partial charge in [0.15, 0.2) is 0 Å². The number of hydrogen-bond acceptors (Lipinski definition) is 2. The van der Waals surface area contributed by atoms with Gasteiger partial charge in [0, 0.05) is 4.91 Å². The van der Waals surface area contributed by atoms with Crippen molar-refractivity contribution in [2.24, 2.45) is 0 Å². The van der Waals surface area contributed by atoms with Crippen LogP contribution in [0.2, 0.25) is 0 Å². The summed E-state index contributed by atoms with van der Waals surface area (Å²) in [6.45, 7) is 5.90. The Labute approximate surface area is 73.8 Å². The number of allylic oxidation sites excluding steroid dienone is 3. The molecule has 0 amide bonds. The van der Waals surface area contributed by atoms with Gasteiger partial charge in [0.1, 0.15) is 0 Å². The third-order valence-corrected chi connectivity index (χ3v) is 2.13. The molecule has 0 unspecified atom stereocenters. The lowest BCUT2D eigenvalue weighted by Crippen LogP contribution is -1.83. The first-order chi connectivity index (χ1) is 5.13. The number of rotatable bonds is 2. The minimum absolute atomic E-state index is 0.445. The van der Waals surface area contributed by atoms with Crippen molar-refractivity contribution in [2.45, 2.75) is 27.2 Å². The third kappa shape index (κ3) is 3.29. The molecule has 11 heavy (non-hydrogen) atoms. The Morgan fingerprint density at radius 1 is 1.55 bits per heavy atom. The van der Waals surface area contributed by atoms with Gasteiger partial charge in [0.25, 0.3) is 0 Å². The number of nitriles is 1. The normalized spacial score (nSPS) is 10.6. The quantitative estimate of drug-likeness (QED) is 0.496. The number of hydrogen-bond donors (Lipinski definition) is 1. The maximum atomic E-state index is 8.45. The zero-order valence-corrected chi connectivity index (χ0v) is 8.07. The van der Waals surface area contributed by atoms with Crippen LogP contribution in [0.25, 0.3) is 0 Å². The summed E-state index contributed by atoms with van der Waals surface area (Å²) in [5.41, 5.74) is 2.16. The van der Waals surface area contributed by atoms with Gasteiger partial charge in [-0.3, -0.25) is 0 Å². The molecule has 0 heterocycles. The predicted octanol–water partition coefficient (Wildman–Crippen LogP) is 3.07. The van der Waals surface area contributed by atoms with E-state index in [9.17, 15) is 0 Å². The summed E-state index contributed by atoms with van der Waals surface area (Å²) in [5, 5.41) is 8.45. The van der Waals surface area contributed by atoms with Crippen LogP contribution in [0.5, 0.6) is 0 Å². The average molecular weight is 167 g/mol. The zero-order chi connectivity index (χ0) is 8.85. The standard InChI is InChI=1S/C9H13NS/c1-4-8(5-6-10)9(11)7(2)3/h4,11H,5H2,1-3H3/b8-4-. The van der Waals surface area contributed by atoms with Gasteiger partial charge < -0.3 is 0 Å². The van der Waals surface area contributed by atoms with E-state index in [1.807, 2.05) is 26.8 Å². The highest BCUT2D eigenvalue weighted by Crippen LogP contribution is 2.20. The maximum Gasteiger partial charge on any atom is 0.0670 e. The van der Waals surface area contributed by atoms with Gasteiger partial charge in [-0.1, -0.05) is 11.6 Å². The van der Waals surface area contributed by atoms with Crippen molar-refractivity contribution in [1.82, 2.24) is 0 Å². The van der Waals surface area contributed by atoms with Crippen molar-refractivity contribution < 1.29 is 0 Å². The predicted molar refractivity (Wildman–Crippen MR) is 51.3 cm³/mol. The fourth-order valence-corrected chi connectivity index (χ4v) is 0.937. The number of thiol groups is 1. The first kappa shape index (κ1) is 10.3. The smallest absolute Gasteiger partial charge is 0.0670 e. The largest absolute Gasteiger partial charge is 0.198 e. The Balaban J connectivity index is 4.58. The second-order valence-corrected chi connectivity index (χ2v) is 2.94. The molecule has 0 aliphatic rings. The molecule has 1 nitrogen and oxygen atoms in total. The van der Waals surface area contributed by atoms with E-state index in [0.717, 1.165) is 16.1 Å². The van der Waals surface area contributed by atoms with Crippen molar-refractivity contribution >= 4 is 12.6 Å². The van der Waals surface area contributed by atoms with E-state index in [4.69, 9.17) is 5.26 Å². The lowest BCUT2D eigenvalue weighted by atomic mass is 10.1. The fraction of sp³-hybridized carbons (Fsp3) is 0.444. The van der Waals surface area contributed by atoms with Gasteiger partial charge in [0.2, 0.25) is 0 Å². The lowest BCUT2D eigenvalue weighted by molar-refractivity contribution is 1.22. The van der Waals surface area contributed by atoms with E-state index >= 15 is 0 Å². The molecule has 0 atom stereocenters. The minimum Gasteiger partial charge on any atom is -0.198 e. The highest BCUT2D eigenvalue weighted by molar-refractivity contribution is 7.84. The molecule has 0 saturated heterocycles. The first-order valence-electron chi connectivity index (χ1n) is 3.52. The van der Waals surface area contributed by atoms with E-state index in [1.54, 1.807) is 0 Å². The van der Waals surface area contributed by atoms with Crippen molar-refractivity contribution in [3.8, 4) is 6.07 Å². The van der Waals surface area contributed by atoms with Crippen LogP contribution in [0.3, 0.4) is 0 Å². The Kier molecular flexibility index (Phi) is 4.72. The van der Waals surface area contributed by atoms with Crippen molar-refractivity contribution in [3.63, 3.8) is 0 Å². The van der Waals surface area contributed by atoms with Crippen LogP contribution < -0.4 is 0 Å². The molecule has 0 aromatic carbocycles. The Hall–Kier alpha value is -0.680. The molecular formula is C9H13NS. The van der Waals surface area contributed by atoms with Crippen LogP contribution in [-0.2, 0) is 0 Å². The Morgan fingerprint density at radius 2 is 2.09 bits per heavy atom. The molecular weight excluding hydrogens is 154 g/mol. The molecule has 0 aromatic rings. The summed E-state index contributed by atoms with van der Waals surface area (Å²) >= 11 is 4.29. The molecule has 0 aromatic heterocycles. The second-order valence-electron chi connectivity index (χ2n) is 2.50. The lowest BCUT2D eigenvalue weighted by Gasteiger charge is -2.03. The minimum atomic E-state index is 0.445. The molecule has 0 N–H and O–H groups in total. The van der Waals surface area contributed by atoms with E-state index in [-0.39, 0.29) is 0 Å². The highest BCUT2D eigenvalue weighted by Gasteiger charge is 1.99. The van der Waals surface area contributed by atoms with Crippen LogP contribution in [0.15, 0.2) is 22.1 Å². The monoisotopic (exact) mass is 167 g/mol. The van der Waals surface area contributed by atoms with Gasteiger partial charge in [0.05, 0.1) is 12.5 Å². The van der Waals surface area contributed by atoms with Crippen LogP contribution in [0, 0.1) is 11.3 Å². The van der Waals surface area contributed by atoms with Gasteiger partial charge in [-0.05, 0) is 26.3 Å². The van der Waals surface area contributed by atoms with Crippen LogP contribution in [0.4, 0.5) is 0 Å². The van der Waals surface area contributed by atoms with Gasteiger partial charge in [-0.15, -0.1) is 12.6 Å². The Bertz CT molecular complexity index is 226. The second kappa shape index (κ2) is 5.03. The molecule has 0 radical (unpaired) electrons. The van der Waals surface area contributed by atoms with Crippen molar-refractivity contribution in [1.29, 1.82) is 5.26 Å². The molecule has 0 aliphatic carbocycles. The summed E-state index contributed by atoms with van der Waals surface area (Å²) in [7, 11) is 0. The molecule has 60 valence electrons. The zero-order valence-electron chi connectivity index (χ0n) is 7.18. The molecule has 0 bridgehead atoms. The SMILES string of the molecule is C/C=C(/CC#N)C(S)=C(C)C. The van der Waals surface area contributed by atoms with Gasteiger partial charge in [-0.2, -0.15) is 5.26 Å². The summed E-state index contributed by atoms with van der Waals surface area (Å²) in [5.74, 6) is 0. The summed E-state index contributed by atoms with van der Waals surface area (Å²) < 4.78 is 0. The van der Waals surface area contributed by atoms with E-state index in [2.05, 4.69) is 18.7 Å². The van der Waals surface area contributed by atoms with Crippen molar-refractivity contribution in [2.75, 3.05) is 0 Å². The molecule has 0 spiro atoms. The molecule has 0 saturated carbocycles.